The van der Waals surface area contributed by atoms with Gasteiger partial charge >= 0.3 is 0 Å². The van der Waals surface area contributed by atoms with Gasteiger partial charge in [0.2, 0.25) is 5.91 Å². The zero-order valence-corrected chi connectivity index (χ0v) is 14.7. The van der Waals surface area contributed by atoms with Crippen LogP contribution in [-0.4, -0.2) is 47.9 Å². The highest BCUT2D eigenvalue weighted by Gasteiger charge is 2.24. The maximum absolute atomic E-state index is 13.0. The van der Waals surface area contributed by atoms with Gasteiger partial charge in [0.25, 0.3) is 0 Å². The number of hydrogen-bond acceptors (Lipinski definition) is 2. The first-order valence-corrected chi connectivity index (χ1v) is 8.92. The average molecular weight is 340 g/mol. The number of benzene rings is 2. The average Bonchev–Trinajstić information content (AvgIpc) is 2.64. The summed E-state index contributed by atoms with van der Waals surface area (Å²) in [6, 6.07) is 17.2. The van der Waals surface area contributed by atoms with Crippen molar-refractivity contribution in [1.29, 1.82) is 0 Å². The largest absolute Gasteiger partial charge is 0.340 e. The topological polar surface area (TPSA) is 23.6 Å². The molecule has 2 aromatic rings. The van der Waals surface area contributed by atoms with Gasteiger partial charge in [-0.25, -0.2) is 4.39 Å². The zero-order valence-electron chi connectivity index (χ0n) is 14.7. The van der Waals surface area contributed by atoms with Crippen molar-refractivity contribution in [1.82, 2.24) is 9.80 Å². The van der Waals surface area contributed by atoms with Crippen molar-refractivity contribution in [3.8, 4) is 0 Å². The van der Waals surface area contributed by atoms with Crippen molar-refractivity contribution in [2.45, 2.75) is 25.8 Å². The molecule has 0 spiro atoms. The summed E-state index contributed by atoms with van der Waals surface area (Å²) in [6.07, 6.45) is 1.38. The molecule has 1 aliphatic heterocycles. The molecule has 1 aliphatic rings. The quantitative estimate of drug-likeness (QED) is 0.835. The third-order valence-corrected chi connectivity index (χ3v) is 4.93. The van der Waals surface area contributed by atoms with Crippen molar-refractivity contribution >= 4 is 5.91 Å². The van der Waals surface area contributed by atoms with Gasteiger partial charge in [0.1, 0.15) is 5.82 Å². The molecule has 3 nitrogen and oxygen atoms in total. The molecule has 2 aromatic carbocycles. The Balaban J connectivity index is 1.47. The molecule has 1 unspecified atom stereocenters. The van der Waals surface area contributed by atoms with Gasteiger partial charge in [0.05, 0.1) is 6.42 Å². The number of nitrogens with zero attached hydrogens (tertiary/aromatic N) is 2. The predicted molar refractivity (Wildman–Crippen MR) is 97.9 cm³/mol. The Labute approximate surface area is 149 Å². The highest BCUT2D eigenvalue weighted by molar-refractivity contribution is 5.78. The molecule has 3 rings (SSSR count). The molecule has 1 saturated heterocycles. The summed E-state index contributed by atoms with van der Waals surface area (Å²) in [5.41, 5.74) is 2.22. The molecule has 0 N–H and O–H groups in total. The standard InChI is InChI=1S/C21H25FN2O/c1-17(15-18-5-3-2-4-6-18)23-11-13-24(14-12-23)21(25)16-19-7-9-20(22)10-8-19/h2-10,17H,11-16H2,1H3. The molecular weight excluding hydrogens is 315 g/mol. The lowest BCUT2D eigenvalue weighted by atomic mass is 10.1. The monoisotopic (exact) mass is 340 g/mol. The highest BCUT2D eigenvalue weighted by Crippen LogP contribution is 2.13. The van der Waals surface area contributed by atoms with Crippen LogP contribution in [0.15, 0.2) is 54.6 Å². The molecule has 1 amide bonds. The second kappa shape index (κ2) is 8.26. The number of rotatable bonds is 5. The van der Waals surface area contributed by atoms with Crippen molar-refractivity contribution < 1.29 is 9.18 Å². The molecule has 0 saturated carbocycles. The number of carbonyl (C=O) groups is 1. The number of carbonyl (C=O) groups excluding carboxylic acids is 1. The third kappa shape index (κ3) is 4.89. The third-order valence-electron chi connectivity index (χ3n) is 4.93. The molecule has 0 radical (unpaired) electrons. The van der Waals surface area contributed by atoms with Gasteiger partial charge < -0.3 is 4.90 Å². The zero-order chi connectivity index (χ0) is 17.6. The molecule has 1 atom stereocenters. The molecule has 132 valence electrons. The van der Waals surface area contributed by atoms with Crippen LogP contribution in [0.3, 0.4) is 0 Å². The summed E-state index contributed by atoms with van der Waals surface area (Å²) in [6.45, 7) is 5.59. The van der Waals surface area contributed by atoms with Crippen LogP contribution >= 0.6 is 0 Å². The van der Waals surface area contributed by atoms with Crippen LogP contribution < -0.4 is 0 Å². The van der Waals surface area contributed by atoms with Crippen molar-refractivity contribution in [3.63, 3.8) is 0 Å². The fourth-order valence-corrected chi connectivity index (χ4v) is 3.39. The SMILES string of the molecule is CC(Cc1ccccc1)N1CCN(C(=O)Cc2ccc(F)cc2)CC1. The van der Waals surface area contributed by atoms with Crippen molar-refractivity contribution in [2.75, 3.05) is 26.2 Å². The van der Waals surface area contributed by atoms with Crippen LogP contribution in [0.4, 0.5) is 4.39 Å². The number of piperazine rings is 1. The van der Waals surface area contributed by atoms with E-state index in [0.717, 1.165) is 38.2 Å². The van der Waals surface area contributed by atoms with Crippen LogP contribution in [0.5, 0.6) is 0 Å². The van der Waals surface area contributed by atoms with E-state index in [1.165, 1.54) is 17.7 Å². The maximum Gasteiger partial charge on any atom is 0.227 e. The maximum atomic E-state index is 13.0. The summed E-state index contributed by atoms with van der Waals surface area (Å²) in [4.78, 5) is 16.8. The minimum absolute atomic E-state index is 0.127. The molecule has 25 heavy (non-hydrogen) atoms. The van der Waals surface area contributed by atoms with E-state index < -0.39 is 0 Å². The second-order valence-corrected chi connectivity index (χ2v) is 6.76. The lowest BCUT2D eigenvalue weighted by Crippen LogP contribution is -2.52. The Morgan fingerprint density at radius 3 is 2.24 bits per heavy atom. The Morgan fingerprint density at radius 1 is 0.960 bits per heavy atom. The fourth-order valence-electron chi connectivity index (χ4n) is 3.39. The van der Waals surface area contributed by atoms with Gasteiger partial charge in [-0.3, -0.25) is 9.69 Å². The Hall–Kier alpha value is -2.20. The summed E-state index contributed by atoms with van der Waals surface area (Å²) in [5, 5.41) is 0. The van der Waals surface area contributed by atoms with Gasteiger partial charge in [-0.2, -0.15) is 0 Å². The molecular formula is C21H25FN2O. The summed E-state index contributed by atoms with van der Waals surface area (Å²) in [5.74, 6) is -0.140. The van der Waals surface area contributed by atoms with Gasteiger partial charge in [-0.1, -0.05) is 42.5 Å². The predicted octanol–water partition coefficient (Wildman–Crippen LogP) is 3.14. The molecule has 4 heteroatoms. The smallest absolute Gasteiger partial charge is 0.227 e. The highest BCUT2D eigenvalue weighted by atomic mass is 19.1. The van der Waals surface area contributed by atoms with Crippen LogP contribution in [0, 0.1) is 5.82 Å². The number of hydrogen-bond donors (Lipinski definition) is 0. The van der Waals surface area contributed by atoms with Gasteiger partial charge in [-0.15, -0.1) is 0 Å². The second-order valence-electron chi connectivity index (χ2n) is 6.76. The number of halogens is 1. The van der Waals surface area contributed by atoms with E-state index in [4.69, 9.17) is 0 Å². The van der Waals surface area contributed by atoms with E-state index in [1.54, 1.807) is 12.1 Å². The van der Waals surface area contributed by atoms with Gasteiger partial charge in [0, 0.05) is 32.2 Å². The minimum Gasteiger partial charge on any atom is -0.340 e. The Morgan fingerprint density at radius 2 is 1.60 bits per heavy atom. The Kier molecular flexibility index (Phi) is 5.82. The van der Waals surface area contributed by atoms with Crippen LogP contribution in [0.2, 0.25) is 0 Å². The normalized spacial score (nSPS) is 16.6. The van der Waals surface area contributed by atoms with Crippen LogP contribution in [-0.2, 0) is 17.6 Å². The number of amides is 1. The molecule has 0 aromatic heterocycles. The first-order valence-electron chi connectivity index (χ1n) is 8.92. The van der Waals surface area contributed by atoms with E-state index in [1.807, 2.05) is 11.0 Å². The molecule has 1 fully saturated rings. The lowest BCUT2D eigenvalue weighted by Gasteiger charge is -2.38. The van der Waals surface area contributed by atoms with E-state index in [9.17, 15) is 9.18 Å². The fraction of sp³-hybridized carbons (Fsp3) is 0.381. The first-order chi connectivity index (χ1) is 12.1. The van der Waals surface area contributed by atoms with Crippen LogP contribution in [0.1, 0.15) is 18.1 Å². The lowest BCUT2D eigenvalue weighted by molar-refractivity contribution is -0.132. The van der Waals surface area contributed by atoms with E-state index in [0.29, 0.717) is 12.5 Å². The summed E-state index contributed by atoms with van der Waals surface area (Å²) >= 11 is 0. The van der Waals surface area contributed by atoms with E-state index >= 15 is 0 Å². The Bertz CT molecular complexity index is 679. The van der Waals surface area contributed by atoms with Gasteiger partial charge in [-0.05, 0) is 36.6 Å². The summed E-state index contributed by atoms with van der Waals surface area (Å²) in [7, 11) is 0. The van der Waals surface area contributed by atoms with E-state index in [-0.39, 0.29) is 11.7 Å². The van der Waals surface area contributed by atoms with E-state index in [2.05, 4.69) is 36.1 Å². The first kappa shape index (κ1) is 17.6. The minimum atomic E-state index is -0.266. The van der Waals surface area contributed by atoms with Gasteiger partial charge in [0.15, 0.2) is 0 Å². The summed E-state index contributed by atoms with van der Waals surface area (Å²) < 4.78 is 13.0. The molecule has 0 bridgehead atoms. The van der Waals surface area contributed by atoms with Crippen molar-refractivity contribution in [2.24, 2.45) is 0 Å². The van der Waals surface area contributed by atoms with Crippen LogP contribution in [0.25, 0.3) is 0 Å². The molecule has 1 heterocycles. The van der Waals surface area contributed by atoms with Crippen molar-refractivity contribution in [3.05, 3.63) is 71.5 Å². The molecule has 0 aliphatic carbocycles.